The van der Waals surface area contributed by atoms with Gasteiger partial charge < -0.3 is 25.4 Å². The van der Waals surface area contributed by atoms with Crippen molar-refractivity contribution in [1.29, 1.82) is 0 Å². The minimum Gasteiger partial charge on any atom is -0.465 e. The number of ether oxygens (including phenoxy) is 2. The summed E-state index contributed by atoms with van der Waals surface area (Å²) in [5.74, 6) is 1.88. The quantitative estimate of drug-likeness (QED) is 0.335. The topological polar surface area (TPSA) is 93.9 Å². The van der Waals surface area contributed by atoms with E-state index in [2.05, 4.69) is 22.3 Å². The lowest BCUT2D eigenvalue weighted by Gasteiger charge is -2.36. The van der Waals surface area contributed by atoms with Crippen molar-refractivity contribution in [2.75, 3.05) is 37.0 Å². The van der Waals surface area contributed by atoms with Crippen LogP contribution in [0.25, 0.3) is 0 Å². The number of methoxy groups -OCH3 is 1. The van der Waals surface area contributed by atoms with E-state index in [4.69, 9.17) is 15.2 Å². The third-order valence-electron chi connectivity index (χ3n) is 7.98. The van der Waals surface area contributed by atoms with Crippen molar-refractivity contribution in [3.05, 3.63) is 50.3 Å². The van der Waals surface area contributed by atoms with Gasteiger partial charge in [0, 0.05) is 39.2 Å². The van der Waals surface area contributed by atoms with E-state index in [1.807, 2.05) is 19.1 Å². The van der Waals surface area contributed by atoms with Crippen molar-refractivity contribution in [1.82, 2.24) is 0 Å². The molecular formula is C29H43N3O4. The van der Waals surface area contributed by atoms with Crippen molar-refractivity contribution in [2.45, 2.75) is 83.5 Å². The summed E-state index contributed by atoms with van der Waals surface area (Å²) in [4.78, 5) is 27.3. The number of nitrogens with zero attached hydrogens (tertiary/aromatic N) is 1. The van der Waals surface area contributed by atoms with Crippen molar-refractivity contribution >= 4 is 11.4 Å². The zero-order valence-corrected chi connectivity index (χ0v) is 22.0. The van der Waals surface area contributed by atoms with Gasteiger partial charge in [-0.2, -0.15) is 0 Å². The molecule has 198 valence electrons. The van der Waals surface area contributed by atoms with E-state index in [0.717, 1.165) is 50.9 Å². The van der Waals surface area contributed by atoms with Crippen LogP contribution in [0.15, 0.2) is 33.9 Å². The van der Waals surface area contributed by atoms with E-state index >= 15 is 0 Å². The van der Waals surface area contributed by atoms with Crippen LogP contribution < -0.4 is 31.5 Å². The summed E-state index contributed by atoms with van der Waals surface area (Å²) in [6, 6.07) is 8.23. The number of hydrogen-bond acceptors (Lipinski definition) is 7. The van der Waals surface area contributed by atoms with Crippen LogP contribution in [0.1, 0.15) is 70.3 Å². The molecule has 3 atom stereocenters. The van der Waals surface area contributed by atoms with Gasteiger partial charge in [-0.05, 0) is 55.2 Å². The third-order valence-corrected chi connectivity index (χ3v) is 7.98. The van der Waals surface area contributed by atoms with E-state index in [1.165, 1.54) is 37.7 Å². The first kappa shape index (κ1) is 26.7. The predicted molar refractivity (Wildman–Crippen MR) is 146 cm³/mol. The van der Waals surface area contributed by atoms with E-state index < -0.39 is 0 Å². The highest BCUT2D eigenvalue weighted by molar-refractivity contribution is 5.75. The van der Waals surface area contributed by atoms with Crippen LogP contribution in [-0.2, 0) is 11.2 Å². The van der Waals surface area contributed by atoms with Gasteiger partial charge in [0.2, 0.25) is 0 Å². The molecule has 0 bridgehead atoms. The van der Waals surface area contributed by atoms with Gasteiger partial charge in [-0.1, -0.05) is 51.2 Å². The Kier molecular flexibility index (Phi) is 9.43. The number of benzene rings is 1. The predicted octanol–water partition coefficient (Wildman–Crippen LogP) is 4.21. The van der Waals surface area contributed by atoms with Gasteiger partial charge >= 0.3 is 0 Å². The average molecular weight is 498 g/mol. The summed E-state index contributed by atoms with van der Waals surface area (Å²) in [5.41, 5.74) is 7.62. The SMILES string of the molecule is CCC(OC)Oc1cccc(CC2CCCN(c3c(NC(CN)CC4CCCCC4)c(=O)c3=O)C2)c1. The number of rotatable bonds is 12. The number of anilines is 2. The fraction of sp³-hybridized carbons (Fsp3) is 0.655. The smallest absolute Gasteiger partial charge is 0.253 e. The van der Waals surface area contributed by atoms with Gasteiger partial charge in [0.25, 0.3) is 10.9 Å². The molecule has 1 heterocycles. The Morgan fingerprint density at radius 1 is 1.08 bits per heavy atom. The standard InChI is InChI=1S/C29H43N3O4/c1-3-25(35-2)36-24-13-7-11-21(17-24)15-22-12-8-14-32(19-22)27-26(28(33)29(27)34)31-23(18-30)16-20-9-5-4-6-10-20/h7,11,13,17,20,22-23,25,31H,3-6,8-10,12,14-16,18-19,30H2,1-2H3. The van der Waals surface area contributed by atoms with Crippen LogP contribution >= 0.6 is 0 Å². The monoisotopic (exact) mass is 497 g/mol. The zero-order valence-electron chi connectivity index (χ0n) is 22.0. The molecule has 1 aliphatic carbocycles. The van der Waals surface area contributed by atoms with Crippen molar-refractivity contribution < 1.29 is 9.47 Å². The van der Waals surface area contributed by atoms with Gasteiger partial charge in [0.1, 0.15) is 17.1 Å². The van der Waals surface area contributed by atoms with Crippen LogP contribution in [0.5, 0.6) is 5.75 Å². The second-order valence-electron chi connectivity index (χ2n) is 10.7. The van der Waals surface area contributed by atoms with Gasteiger partial charge in [0.15, 0.2) is 6.29 Å². The van der Waals surface area contributed by atoms with Crippen molar-refractivity contribution in [3.8, 4) is 5.75 Å². The Hall–Kier alpha value is -2.38. The van der Waals surface area contributed by atoms with Gasteiger partial charge in [-0.25, -0.2) is 0 Å². The Morgan fingerprint density at radius 3 is 2.58 bits per heavy atom. The zero-order chi connectivity index (χ0) is 25.5. The maximum absolute atomic E-state index is 12.7. The molecule has 2 fully saturated rings. The number of nitrogens with one attached hydrogen (secondary N) is 1. The minimum absolute atomic E-state index is 0.0394. The fourth-order valence-corrected chi connectivity index (χ4v) is 6.02. The Morgan fingerprint density at radius 2 is 1.86 bits per heavy atom. The maximum Gasteiger partial charge on any atom is 0.253 e. The molecule has 0 spiro atoms. The second-order valence-corrected chi connectivity index (χ2v) is 10.7. The molecule has 0 radical (unpaired) electrons. The van der Waals surface area contributed by atoms with Crippen molar-refractivity contribution in [3.63, 3.8) is 0 Å². The van der Waals surface area contributed by atoms with Crippen LogP contribution in [0, 0.1) is 11.8 Å². The van der Waals surface area contributed by atoms with E-state index in [1.54, 1.807) is 7.11 Å². The Labute approximate surface area is 215 Å². The summed E-state index contributed by atoms with van der Waals surface area (Å²) in [6.45, 7) is 4.08. The highest BCUT2D eigenvalue weighted by atomic mass is 16.7. The molecule has 36 heavy (non-hydrogen) atoms. The molecule has 3 N–H and O–H groups in total. The molecule has 0 amide bonds. The number of nitrogens with two attached hydrogens (primary N) is 1. The molecular weight excluding hydrogens is 454 g/mol. The van der Waals surface area contributed by atoms with Crippen LogP contribution in [0.2, 0.25) is 0 Å². The second kappa shape index (κ2) is 12.7. The number of hydrogen-bond donors (Lipinski definition) is 2. The normalized spacial score (nSPS) is 20.9. The summed E-state index contributed by atoms with van der Waals surface area (Å²) < 4.78 is 11.3. The molecule has 2 aliphatic rings. The Balaban J connectivity index is 1.39. The van der Waals surface area contributed by atoms with Crippen molar-refractivity contribution in [2.24, 2.45) is 17.6 Å². The lowest BCUT2D eigenvalue weighted by atomic mass is 9.84. The van der Waals surface area contributed by atoms with E-state index in [0.29, 0.717) is 29.8 Å². The molecule has 3 unspecified atom stereocenters. The van der Waals surface area contributed by atoms with Gasteiger partial charge in [0.05, 0.1) is 0 Å². The van der Waals surface area contributed by atoms with E-state index in [-0.39, 0.29) is 23.2 Å². The first-order valence-electron chi connectivity index (χ1n) is 13.9. The molecule has 7 nitrogen and oxygen atoms in total. The molecule has 4 rings (SSSR count). The molecule has 2 aromatic rings. The third kappa shape index (κ3) is 6.48. The summed E-state index contributed by atoms with van der Waals surface area (Å²) in [5, 5.41) is 3.39. The van der Waals surface area contributed by atoms with Gasteiger partial charge in [-0.3, -0.25) is 9.59 Å². The molecule has 2 aromatic carbocycles. The highest BCUT2D eigenvalue weighted by Gasteiger charge is 2.31. The maximum atomic E-state index is 12.7. The van der Waals surface area contributed by atoms with Gasteiger partial charge in [-0.15, -0.1) is 0 Å². The molecule has 7 heteroatoms. The lowest BCUT2D eigenvalue weighted by Crippen LogP contribution is -2.48. The molecule has 0 aromatic heterocycles. The first-order chi connectivity index (χ1) is 17.5. The minimum atomic E-state index is -0.386. The van der Waals surface area contributed by atoms with Crippen LogP contribution in [0.4, 0.5) is 11.4 Å². The average Bonchev–Trinajstić information content (AvgIpc) is 2.91. The van der Waals surface area contributed by atoms with Crippen LogP contribution in [0.3, 0.4) is 0 Å². The lowest BCUT2D eigenvalue weighted by molar-refractivity contribution is -0.0548. The fourth-order valence-electron chi connectivity index (χ4n) is 6.02. The summed E-state index contributed by atoms with van der Waals surface area (Å²) in [6.07, 6.45) is 10.9. The first-order valence-corrected chi connectivity index (χ1v) is 13.9. The summed E-state index contributed by atoms with van der Waals surface area (Å²) in [7, 11) is 1.66. The largest absolute Gasteiger partial charge is 0.465 e. The molecule has 1 aliphatic heterocycles. The molecule has 1 saturated carbocycles. The van der Waals surface area contributed by atoms with E-state index in [9.17, 15) is 9.59 Å². The highest BCUT2D eigenvalue weighted by Crippen LogP contribution is 2.31. The Bertz CT molecular complexity index is 1040. The number of piperidine rings is 1. The van der Waals surface area contributed by atoms with Crippen LogP contribution in [-0.4, -0.2) is 39.1 Å². The summed E-state index contributed by atoms with van der Waals surface area (Å²) >= 11 is 0. The molecule has 1 saturated heterocycles.